The Morgan fingerprint density at radius 2 is 1.87 bits per heavy atom. The number of fused-ring (bicyclic) bond motifs is 1. The average molecular weight is 434 g/mol. The second kappa shape index (κ2) is 9.04. The number of urea groups is 1. The largest absolute Gasteiger partial charge is 0.490 e. The van der Waals surface area contributed by atoms with Crippen LogP contribution in [0.1, 0.15) is 46.0 Å². The zero-order chi connectivity index (χ0) is 21.3. The summed E-state index contributed by atoms with van der Waals surface area (Å²) in [6, 6.07) is 5.61. The Kier molecular flexibility index (Phi) is 6.42. The van der Waals surface area contributed by atoms with Crippen LogP contribution in [0.3, 0.4) is 0 Å². The second-order valence-electron chi connectivity index (χ2n) is 9.04. The van der Waals surface area contributed by atoms with Crippen molar-refractivity contribution in [1.29, 1.82) is 0 Å². The van der Waals surface area contributed by atoms with E-state index < -0.39 is 0 Å². The lowest BCUT2D eigenvalue weighted by molar-refractivity contribution is -0.127. The number of carbonyl (C=O) groups is 2. The first-order valence-electron chi connectivity index (χ1n) is 11.2. The van der Waals surface area contributed by atoms with Gasteiger partial charge in [0.2, 0.25) is 5.91 Å². The fraction of sp³-hybridized carbons (Fsp3) is 0.652. The molecule has 2 fully saturated rings. The third-order valence-corrected chi connectivity index (χ3v) is 7.42. The first-order chi connectivity index (χ1) is 14.4. The summed E-state index contributed by atoms with van der Waals surface area (Å²) in [6.45, 7) is 6.70. The van der Waals surface area contributed by atoms with Crippen molar-refractivity contribution < 1.29 is 14.3 Å². The van der Waals surface area contributed by atoms with Crippen LogP contribution >= 0.6 is 11.6 Å². The number of likely N-dealkylation sites (tertiary alicyclic amines) is 1. The molecule has 1 saturated heterocycles. The summed E-state index contributed by atoms with van der Waals surface area (Å²) in [4.78, 5) is 29.6. The van der Waals surface area contributed by atoms with Crippen molar-refractivity contribution in [2.45, 2.75) is 52.0 Å². The number of nitrogens with one attached hydrogen (secondary N) is 1. The van der Waals surface area contributed by atoms with Crippen molar-refractivity contribution >= 4 is 29.2 Å². The third-order valence-electron chi connectivity index (χ3n) is 7.19. The highest BCUT2D eigenvalue weighted by Gasteiger charge is 2.34. The van der Waals surface area contributed by atoms with Gasteiger partial charge in [0, 0.05) is 30.1 Å². The van der Waals surface area contributed by atoms with Gasteiger partial charge in [0.25, 0.3) is 0 Å². The van der Waals surface area contributed by atoms with Crippen LogP contribution in [0.15, 0.2) is 18.2 Å². The van der Waals surface area contributed by atoms with Crippen molar-refractivity contribution in [3.63, 3.8) is 0 Å². The van der Waals surface area contributed by atoms with Gasteiger partial charge in [-0.05, 0) is 49.3 Å². The molecular formula is C23H32ClN3O3. The van der Waals surface area contributed by atoms with Gasteiger partial charge in [0.05, 0.1) is 12.2 Å². The summed E-state index contributed by atoms with van der Waals surface area (Å²) in [7, 11) is 0. The van der Waals surface area contributed by atoms with Gasteiger partial charge >= 0.3 is 6.03 Å². The molecule has 0 spiro atoms. The van der Waals surface area contributed by atoms with E-state index in [9.17, 15) is 9.59 Å². The molecule has 0 aromatic heterocycles. The van der Waals surface area contributed by atoms with Gasteiger partial charge in [-0.1, -0.05) is 38.3 Å². The number of benzene rings is 1. The summed E-state index contributed by atoms with van der Waals surface area (Å²) in [6.07, 6.45) is 4.94. The van der Waals surface area contributed by atoms with Crippen molar-refractivity contribution in [2.75, 3.05) is 31.1 Å². The Morgan fingerprint density at radius 3 is 2.63 bits per heavy atom. The predicted octanol–water partition coefficient (Wildman–Crippen LogP) is 4.31. The molecule has 2 aliphatic heterocycles. The number of amides is 3. The first kappa shape index (κ1) is 21.3. The van der Waals surface area contributed by atoms with E-state index in [2.05, 4.69) is 19.2 Å². The lowest BCUT2D eigenvalue weighted by Crippen LogP contribution is -2.52. The zero-order valence-corrected chi connectivity index (χ0v) is 18.7. The Morgan fingerprint density at radius 1 is 1.10 bits per heavy atom. The van der Waals surface area contributed by atoms with Crippen LogP contribution in [-0.2, 0) is 4.79 Å². The van der Waals surface area contributed by atoms with E-state index in [1.54, 1.807) is 23.1 Å². The van der Waals surface area contributed by atoms with Crippen LogP contribution in [0.4, 0.5) is 10.5 Å². The summed E-state index contributed by atoms with van der Waals surface area (Å²) in [5, 5.41) is 3.89. The highest BCUT2D eigenvalue weighted by molar-refractivity contribution is 6.31. The molecule has 3 unspecified atom stereocenters. The van der Waals surface area contributed by atoms with Crippen LogP contribution in [0.5, 0.6) is 5.75 Å². The predicted molar refractivity (Wildman–Crippen MR) is 118 cm³/mol. The van der Waals surface area contributed by atoms with Gasteiger partial charge in [-0.15, -0.1) is 0 Å². The first-order valence-corrected chi connectivity index (χ1v) is 11.6. The standard InChI is InChI=1S/C23H32ClN3O3/c1-15-4-3-5-19(16(15)2)25-22(28)17-8-10-26(11-9-17)23(29)27-12-13-30-21-7-6-18(24)14-20(21)27/h6-7,14-17,19H,3-5,8-13H2,1-2H3,(H,25,28). The SMILES string of the molecule is CC1CCCC(NC(=O)C2CCN(C(=O)N3CCOc4ccc(Cl)cc43)CC2)C1C. The molecule has 0 bridgehead atoms. The molecule has 1 saturated carbocycles. The van der Waals surface area contributed by atoms with Crippen LogP contribution in [-0.4, -0.2) is 49.1 Å². The number of nitrogens with zero attached hydrogens (tertiary/aromatic N) is 2. The van der Waals surface area contributed by atoms with Crippen LogP contribution in [0.2, 0.25) is 5.02 Å². The number of halogens is 1. The molecule has 6 nitrogen and oxygen atoms in total. The van der Waals surface area contributed by atoms with E-state index in [4.69, 9.17) is 16.3 Å². The molecule has 4 rings (SSSR count). The average Bonchev–Trinajstić information content (AvgIpc) is 2.76. The maximum absolute atomic E-state index is 13.2. The van der Waals surface area contributed by atoms with E-state index in [0.29, 0.717) is 61.7 Å². The van der Waals surface area contributed by atoms with Gasteiger partial charge in [0.1, 0.15) is 12.4 Å². The maximum Gasteiger partial charge on any atom is 0.324 e. The van der Waals surface area contributed by atoms with E-state index in [1.807, 2.05) is 4.90 Å². The molecule has 3 atom stereocenters. The lowest BCUT2D eigenvalue weighted by atomic mass is 9.78. The zero-order valence-electron chi connectivity index (χ0n) is 17.9. The highest BCUT2D eigenvalue weighted by Crippen LogP contribution is 2.35. The Bertz CT molecular complexity index is 794. The van der Waals surface area contributed by atoms with Crippen LogP contribution in [0, 0.1) is 17.8 Å². The maximum atomic E-state index is 13.2. The molecule has 1 aromatic carbocycles. The molecule has 30 heavy (non-hydrogen) atoms. The smallest absolute Gasteiger partial charge is 0.324 e. The third kappa shape index (κ3) is 4.39. The topological polar surface area (TPSA) is 61.9 Å². The van der Waals surface area contributed by atoms with Gasteiger partial charge in [-0.3, -0.25) is 9.69 Å². The van der Waals surface area contributed by atoms with Gasteiger partial charge in [0.15, 0.2) is 0 Å². The van der Waals surface area contributed by atoms with Crippen molar-refractivity contribution in [1.82, 2.24) is 10.2 Å². The fourth-order valence-corrected chi connectivity index (χ4v) is 5.15. The molecular weight excluding hydrogens is 402 g/mol. The minimum absolute atomic E-state index is 0.00935. The molecule has 164 valence electrons. The minimum Gasteiger partial charge on any atom is -0.490 e. The van der Waals surface area contributed by atoms with Gasteiger partial charge < -0.3 is 15.0 Å². The van der Waals surface area contributed by atoms with E-state index in [1.165, 1.54) is 12.8 Å². The summed E-state index contributed by atoms with van der Waals surface area (Å²) in [5.74, 6) is 2.02. The number of hydrogen-bond acceptors (Lipinski definition) is 3. The monoisotopic (exact) mass is 433 g/mol. The van der Waals surface area contributed by atoms with E-state index in [0.717, 1.165) is 12.1 Å². The summed E-state index contributed by atoms with van der Waals surface area (Å²) >= 11 is 6.13. The molecule has 1 aliphatic carbocycles. The Labute approximate surface area is 183 Å². The van der Waals surface area contributed by atoms with E-state index >= 15 is 0 Å². The Balaban J connectivity index is 1.33. The quantitative estimate of drug-likeness (QED) is 0.755. The normalized spacial score (nSPS) is 27.2. The van der Waals surface area contributed by atoms with E-state index in [-0.39, 0.29) is 23.9 Å². The Hall–Kier alpha value is -1.95. The van der Waals surface area contributed by atoms with Gasteiger partial charge in [-0.25, -0.2) is 4.79 Å². The lowest BCUT2D eigenvalue weighted by Gasteiger charge is -2.38. The van der Waals surface area contributed by atoms with Crippen molar-refractivity contribution in [3.05, 3.63) is 23.2 Å². The molecule has 1 N–H and O–H groups in total. The number of ether oxygens (including phenoxy) is 1. The number of piperidine rings is 1. The number of carbonyl (C=O) groups excluding carboxylic acids is 2. The number of anilines is 1. The highest BCUT2D eigenvalue weighted by atomic mass is 35.5. The van der Waals surface area contributed by atoms with Gasteiger partial charge in [-0.2, -0.15) is 0 Å². The molecule has 3 aliphatic rings. The molecule has 7 heteroatoms. The number of hydrogen-bond donors (Lipinski definition) is 1. The number of rotatable bonds is 2. The molecule has 1 aromatic rings. The van der Waals surface area contributed by atoms with Crippen molar-refractivity contribution in [3.8, 4) is 5.75 Å². The molecule has 2 heterocycles. The summed E-state index contributed by atoms with van der Waals surface area (Å²) < 4.78 is 5.66. The fourth-order valence-electron chi connectivity index (χ4n) is 4.98. The second-order valence-corrected chi connectivity index (χ2v) is 9.47. The summed E-state index contributed by atoms with van der Waals surface area (Å²) in [5.41, 5.74) is 0.721. The molecule has 0 radical (unpaired) electrons. The molecule has 3 amide bonds. The van der Waals surface area contributed by atoms with Crippen molar-refractivity contribution in [2.24, 2.45) is 17.8 Å². The van der Waals surface area contributed by atoms with Crippen LogP contribution in [0.25, 0.3) is 0 Å². The van der Waals surface area contributed by atoms with Crippen LogP contribution < -0.4 is 15.0 Å². The minimum atomic E-state index is -0.0320.